The quantitative estimate of drug-likeness (QED) is 0.130. The molecule has 0 aliphatic carbocycles. The maximum atomic E-state index is 13.1. The van der Waals surface area contributed by atoms with Crippen LogP contribution in [0.5, 0.6) is 0 Å². The Bertz CT molecular complexity index is 1400. The maximum Gasteiger partial charge on any atom is 0.357 e. The molecule has 3 rings (SSSR count). The van der Waals surface area contributed by atoms with Crippen molar-refractivity contribution in [3.63, 3.8) is 0 Å². The van der Waals surface area contributed by atoms with Crippen molar-refractivity contribution in [2.75, 3.05) is 19.4 Å². The molecule has 1 heterocycles. The number of imidazole rings is 1. The van der Waals surface area contributed by atoms with Gasteiger partial charge in [0.1, 0.15) is 10.9 Å². The Morgan fingerprint density at radius 2 is 1.82 bits per heavy atom. The largest absolute Gasteiger partial charge is 0.461 e. The first-order chi connectivity index (χ1) is 18.7. The summed E-state index contributed by atoms with van der Waals surface area (Å²) in [5.74, 6) is 0.323. The first-order valence-corrected chi connectivity index (χ1v) is 15.8. The zero-order chi connectivity index (χ0) is 28.4. The molecule has 11 heteroatoms. The van der Waals surface area contributed by atoms with Crippen molar-refractivity contribution in [2.24, 2.45) is 10.7 Å². The molecule has 0 unspecified atom stereocenters. The van der Waals surface area contributed by atoms with Gasteiger partial charge in [0.25, 0.3) is 10.0 Å². The van der Waals surface area contributed by atoms with Crippen LogP contribution in [0.25, 0.3) is 11.1 Å². The Balaban J connectivity index is 1.95. The maximum absolute atomic E-state index is 13.1. The number of carbonyl (C=O) groups is 1. The van der Waals surface area contributed by atoms with Gasteiger partial charge in [0.15, 0.2) is 5.69 Å². The van der Waals surface area contributed by atoms with Crippen molar-refractivity contribution in [3.05, 3.63) is 65.6 Å². The van der Waals surface area contributed by atoms with E-state index >= 15 is 0 Å². The number of nitrogens with one attached hydrogen (secondary N) is 1. The third-order valence-electron chi connectivity index (χ3n) is 5.96. The summed E-state index contributed by atoms with van der Waals surface area (Å²) < 4.78 is 35.8. The number of rotatable bonds is 13. The monoisotopic (exact) mass is 571 g/mol. The number of hydrogen-bond acceptors (Lipinski definition) is 7. The Morgan fingerprint density at radius 3 is 2.46 bits per heavy atom. The van der Waals surface area contributed by atoms with Gasteiger partial charge < -0.3 is 15.0 Å². The van der Waals surface area contributed by atoms with E-state index in [1.165, 1.54) is 11.8 Å². The van der Waals surface area contributed by atoms with Crippen LogP contribution in [0.3, 0.4) is 0 Å². The molecule has 0 atom stereocenters. The van der Waals surface area contributed by atoms with Crippen molar-refractivity contribution in [1.82, 2.24) is 14.3 Å². The van der Waals surface area contributed by atoms with E-state index in [1.807, 2.05) is 42.0 Å². The molecule has 0 saturated carbocycles. The molecule has 1 aromatic heterocycles. The minimum atomic E-state index is -3.93. The van der Waals surface area contributed by atoms with E-state index in [0.717, 1.165) is 42.6 Å². The fourth-order valence-electron chi connectivity index (χ4n) is 4.08. The smallest absolute Gasteiger partial charge is 0.357 e. The van der Waals surface area contributed by atoms with Crippen LogP contribution in [0.4, 0.5) is 0 Å². The lowest BCUT2D eigenvalue weighted by molar-refractivity contribution is 0.0509. The van der Waals surface area contributed by atoms with Gasteiger partial charge in [-0.2, -0.15) is 0 Å². The van der Waals surface area contributed by atoms with Crippen molar-refractivity contribution < 1.29 is 17.9 Å². The summed E-state index contributed by atoms with van der Waals surface area (Å²) in [4.78, 5) is 21.7. The second kappa shape index (κ2) is 14.2. The standard InChI is InChI=1S/C28H37N5O4S2/c1-5-8-13-24-31-26(38-4)25(27(34)37-7-3)33(24)19-20-14-16-21(17-15-20)22-11-9-10-12-23(22)39(35,36)32-28(29)30-18-6-2/h9-12,14-17H,5-8,13,18-19H2,1-4H3,(H3,29,30,32). The normalized spacial score (nSPS) is 11.9. The molecule has 3 aromatic rings. The molecule has 0 saturated heterocycles. The van der Waals surface area contributed by atoms with Gasteiger partial charge in [-0.1, -0.05) is 62.7 Å². The molecule has 9 nitrogen and oxygen atoms in total. The van der Waals surface area contributed by atoms with E-state index in [1.54, 1.807) is 31.2 Å². The molecule has 2 aromatic carbocycles. The highest BCUT2D eigenvalue weighted by Gasteiger charge is 2.24. The molecule has 39 heavy (non-hydrogen) atoms. The summed E-state index contributed by atoms with van der Waals surface area (Å²) in [6.07, 6.45) is 5.38. The molecule has 0 amide bonds. The van der Waals surface area contributed by atoms with Crippen LogP contribution in [0, 0.1) is 0 Å². The number of aryl methyl sites for hydroxylation is 1. The first kappa shape index (κ1) is 30.2. The van der Waals surface area contributed by atoms with Crippen molar-refractivity contribution in [3.8, 4) is 11.1 Å². The number of thioether (sulfide) groups is 1. The van der Waals surface area contributed by atoms with Crippen LogP contribution in [-0.4, -0.2) is 49.3 Å². The molecule has 210 valence electrons. The molecule has 0 aliphatic heterocycles. The number of carbonyl (C=O) groups excluding carboxylic acids is 1. The number of nitrogens with zero attached hydrogens (tertiary/aromatic N) is 3. The van der Waals surface area contributed by atoms with E-state index in [0.29, 0.717) is 29.4 Å². The van der Waals surface area contributed by atoms with Crippen LogP contribution < -0.4 is 10.5 Å². The van der Waals surface area contributed by atoms with Crippen LogP contribution in [-0.2, 0) is 27.7 Å². The summed E-state index contributed by atoms with van der Waals surface area (Å²) in [6, 6.07) is 14.4. The molecule has 0 spiro atoms. The second-order valence-electron chi connectivity index (χ2n) is 8.86. The highest BCUT2D eigenvalue weighted by Crippen LogP contribution is 2.29. The lowest BCUT2D eigenvalue weighted by Crippen LogP contribution is -2.37. The lowest BCUT2D eigenvalue weighted by Gasteiger charge is -2.14. The van der Waals surface area contributed by atoms with Gasteiger partial charge in [0.2, 0.25) is 5.96 Å². The molecular weight excluding hydrogens is 534 g/mol. The highest BCUT2D eigenvalue weighted by atomic mass is 32.2. The Morgan fingerprint density at radius 1 is 1.10 bits per heavy atom. The average molecular weight is 572 g/mol. The van der Waals surface area contributed by atoms with Crippen molar-refractivity contribution in [1.29, 1.82) is 0 Å². The zero-order valence-corrected chi connectivity index (χ0v) is 24.6. The van der Waals surface area contributed by atoms with Gasteiger partial charge in [-0.25, -0.2) is 22.9 Å². The number of sulfonamides is 1. The summed E-state index contributed by atoms with van der Waals surface area (Å²) in [7, 11) is -3.93. The number of guanidine groups is 1. The third kappa shape index (κ3) is 7.63. The fraction of sp³-hybridized carbons (Fsp3) is 0.393. The third-order valence-corrected chi connectivity index (χ3v) is 8.04. The van der Waals surface area contributed by atoms with Crippen LogP contribution in [0.2, 0.25) is 0 Å². The molecule has 0 aliphatic rings. The summed E-state index contributed by atoms with van der Waals surface area (Å²) in [6.45, 7) is 6.99. The number of benzene rings is 2. The summed E-state index contributed by atoms with van der Waals surface area (Å²) in [5, 5.41) is 0.657. The van der Waals surface area contributed by atoms with Gasteiger partial charge in [-0.15, -0.1) is 11.8 Å². The predicted octanol–water partition coefficient (Wildman–Crippen LogP) is 4.84. The van der Waals surface area contributed by atoms with Crippen molar-refractivity contribution in [2.45, 2.75) is 62.9 Å². The molecule has 0 bridgehead atoms. The number of ether oxygens (including phenoxy) is 1. The van der Waals surface area contributed by atoms with E-state index in [2.05, 4.69) is 16.6 Å². The number of aliphatic imine (C=N–C) groups is 1. The number of aromatic nitrogens is 2. The van der Waals surface area contributed by atoms with Gasteiger partial charge in [0, 0.05) is 25.1 Å². The Labute approximate surface area is 235 Å². The minimum Gasteiger partial charge on any atom is -0.461 e. The van der Waals surface area contributed by atoms with Gasteiger partial charge >= 0.3 is 5.97 Å². The minimum absolute atomic E-state index is 0.109. The molecule has 3 N–H and O–H groups in total. The van der Waals surface area contributed by atoms with Crippen LogP contribution in [0.15, 0.2) is 63.4 Å². The average Bonchev–Trinajstić information content (AvgIpc) is 3.28. The van der Waals surface area contributed by atoms with E-state index in [-0.39, 0.29) is 23.4 Å². The van der Waals surface area contributed by atoms with Crippen molar-refractivity contribution >= 4 is 33.7 Å². The lowest BCUT2D eigenvalue weighted by atomic mass is 10.0. The SMILES string of the molecule is CCCCc1nc(SC)c(C(=O)OCC)n1Cc1ccc(-c2ccccc2S(=O)(=O)NC(N)=NCCC)cc1. The molecule has 0 fully saturated rings. The Hall–Kier alpha value is -3.31. The summed E-state index contributed by atoms with van der Waals surface area (Å²) in [5.41, 5.74) is 8.47. The Kier molecular flexibility index (Phi) is 11.0. The van der Waals surface area contributed by atoms with Crippen LogP contribution >= 0.6 is 11.8 Å². The molecule has 0 radical (unpaired) electrons. The van der Waals surface area contributed by atoms with Gasteiger partial charge in [-0.3, -0.25) is 4.99 Å². The van der Waals surface area contributed by atoms with Gasteiger partial charge in [0.05, 0.1) is 11.5 Å². The van der Waals surface area contributed by atoms with E-state index in [9.17, 15) is 13.2 Å². The van der Waals surface area contributed by atoms with E-state index < -0.39 is 10.0 Å². The van der Waals surface area contributed by atoms with Gasteiger partial charge in [-0.05, 0) is 43.2 Å². The topological polar surface area (TPSA) is 129 Å². The van der Waals surface area contributed by atoms with E-state index in [4.69, 9.17) is 15.5 Å². The van der Waals surface area contributed by atoms with Crippen LogP contribution in [0.1, 0.15) is 61.9 Å². The number of esters is 1. The second-order valence-corrected chi connectivity index (χ2v) is 11.3. The number of hydrogen-bond donors (Lipinski definition) is 2. The summed E-state index contributed by atoms with van der Waals surface area (Å²) >= 11 is 1.43. The highest BCUT2D eigenvalue weighted by molar-refractivity contribution is 7.98. The first-order valence-electron chi connectivity index (χ1n) is 13.1. The number of unbranched alkanes of at least 4 members (excludes halogenated alkanes) is 1. The zero-order valence-electron chi connectivity index (χ0n) is 22.9. The predicted molar refractivity (Wildman–Crippen MR) is 157 cm³/mol. The fourth-order valence-corrected chi connectivity index (χ4v) is 5.85. The number of nitrogens with two attached hydrogens (primary N) is 1. The molecular formula is C28H37N5O4S2.